The van der Waals surface area contributed by atoms with Crippen LogP contribution in [0.25, 0.3) is 0 Å². The van der Waals surface area contributed by atoms with E-state index >= 15 is 0 Å². The maximum atomic E-state index is 12.1. The zero-order chi connectivity index (χ0) is 15.3. The highest BCUT2D eigenvalue weighted by Gasteiger charge is 2.12. The number of hydrogen-bond acceptors (Lipinski definition) is 3. The molecule has 0 unspecified atom stereocenters. The lowest BCUT2D eigenvalue weighted by Gasteiger charge is -2.07. The lowest BCUT2D eigenvalue weighted by Crippen LogP contribution is -2.20. The van der Waals surface area contributed by atoms with Gasteiger partial charge in [-0.3, -0.25) is 0 Å². The van der Waals surface area contributed by atoms with Crippen LogP contribution in [-0.2, 0) is 10.0 Å². The average molecular weight is 302 g/mol. The molecule has 0 saturated heterocycles. The SMILES string of the molecule is CC/C(=N/NS(=O)(=O)c1ccccc1)c1ccc(C)cc1. The van der Waals surface area contributed by atoms with Crippen molar-refractivity contribution in [2.24, 2.45) is 5.10 Å². The Labute approximate surface area is 125 Å². The van der Waals surface area contributed by atoms with Gasteiger partial charge in [-0.25, -0.2) is 0 Å². The molecule has 5 heteroatoms. The Bertz CT molecular complexity index is 721. The summed E-state index contributed by atoms with van der Waals surface area (Å²) in [6.45, 7) is 3.94. The van der Waals surface area contributed by atoms with Crippen molar-refractivity contribution in [3.8, 4) is 0 Å². The van der Waals surface area contributed by atoms with E-state index in [1.165, 1.54) is 12.1 Å². The van der Waals surface area contributed by atoms with Crippen LogP contribution in [0.2, 0.25) is 0 Å². The zero-order valence-electron chi connectivity index (χ0n) is 12.1. The zero-order valence-corrected chi connectivity index (χ0v) is 12.9. The van der Waals surface area contributed by atoms with E-state index in [4.69, 9.17) is 0 Å². The third-order valence-corrected chi connectivity index (χ3v) is 4.30. The number of aryl methyl sites for hydroxylation is 1. The summed E-state index contributed by atoms with van der Waals surface area (Å²) in [5.41, 5.74) is 2.77. The highest BCUT2D eigenvalue weighted by atomic mass is 32.2. The summed E-state index contributed by atoms with van der Waals surface area (Å²) in [7, 11) is -3.62. The fourth-order valence-electron chi connectivity index (χ4n) is 1.86. The van der Waals surface area contributed by atoms with Crippen molar-refractivity contribution in [2.45, 2.75) is 25.2 Å². The minimum Gasteiger partial charge on any atom is -0.200 e. The summed E-state index contributed by atoms with van der Waals surface area (Å²) < 4.78 is 24.2. The molecule has 0 aliphatic rings. The average Bonchev–Trinajstić information content (AvgIpc) is 2.50. The lowest BCUT2D eigenvalue weighted by molar-refractivity contribution is 0.584. The highest BCUT2D eigenvalue weighted by Crippen LogP contribution is 2.09. The van der Waals surface area contributed by atoms with Gasteiger partial charge in [0.2, 0.25) is 0 Å². The number of rotatable bonds is 5. The fourth-order valence-corrected chi connectivity index (χ4v) is 2.71. The molecular formula is C16H18N2O2S. The van der Waals surface area contributed by atoms with Gasteiger partial charge in [0.05, 0.1) is 10.6 Å². The Morgan fingerprint density at radius 2 is 1.67 bits per heavy atom. The first kappa shape index (κ1) is 15.3. The van der Waals surface area contributed by atoms with E-state index in [1.807, 2.05) is 38.1 Å². The Morgan fingerprint density at radius 1 is 1.05 bits per heavy atom. The number of hydrogen-bond donors (Lipinski definition) is 1. The summed E-state index contributed by atoms with van der Waals surface area (Å²) in [6.07, 6.45) is 0.639. The molecular weight excluding hydrogens is 284 g/mol. The molecule has 2 rings (SSSR count). The van der Waals surface area contributed by atoms with Gasteiger partial charge in [0.15, 0.2) is 0 Å². The van der Waals surface area contributed by atoms with Gasteiger partial charge in [-0.05, 0) is 31.0 Å². The van der Waals surface area contributed by atoms with Crippen molar-refractivity contribution in [1.82, 2.24) is 4.83 Å². The number of nitrogens with one attached hydrogen (secondary N) is 1. The normalized spacial score (nSPS) is 12.2. The maximum absolute atomic E-state index is 12.1. The van der Waals surface area contributed by atoms with Gasteiger partial charge < -0.3 is 0 Å². The Balaban J connectivity index is 2.24. The van der Waals surface area contributed by atoms with E-state index in [1.54, 1.807) is 18.2 Å². The molecule has 2 aromatic carbocycles. The number of sulfonamides is 1. The second kappa shape index (κ2) is 6.54. The first-order valence-corrected chi connectivity index (χ1v) is 8.21. The Hall–Kier alpha value is -2.14. The van der Waals surface area contributed by atoms with Crippen molar-refractivity contribution >= 4 is 15.7 Å². The van der Waals surface area contributed by atoms with Gasteiger partial charge >= 0.3 is 0 Å². The van der Waals surface area contributed by atoms with Crippen LogP contribution in [0.3, 0.4) is 0 Å². The van der Waals surface area contributed by atoms with Crippen LogP contribution < -0.4 is 4.83 Å². The first-order chi connectivity index (χ1) is 10.0. The topological polar surface area (TPSA) is 58.5 Å². The van der Waals surface area contributed by atoms with E-state index < -0.39 is 10.0 Å². The van der Waals surface area contributed by atoms with Gasteiger partial charge in [-0.15, -0.1) is 0 Å². The third kappa shape index (κ3) is 3.92. The molecule has 0 amide bonds. The van der Waals surface area contributed by atoms with Gasteiger partial charge in [0.1, 0.15) is 0 Å². The molecule has 0 spiro atoms. The summed E-state index contributed by atoms with van der Waals surface area (Å²) in [5, 5.41) is 4.07. The summed E-state index contributed by atoms with van der Waals surface area (Å²) in [4.78, 5) is 2.50. The van der Waals surface area contributed by atoms with Crippen LogP contribution in [0.5, 0.6) is 0 Å². The van der Waals surface area contributed by atoms with E-state index in [0.29, 0.717) is 12.1 Å². The van der Waals surface area contributed by atoms with E-state index in [2.05, 4.69) is 9.93 Å². The van der Waals surface area contributed by atoms with Crippen molar-refractivity contribution in [3.05, 3.63) is 65.7 Å². The van der Waals surface area contributed by atoms with Gasteiger partial charge in [-0.1, -0.05) is 55.0 Å². The van der Waals surface area contributed by atoms with Crippen molar-refractivity contribution in [2.75, 3.05) is 0 Å². The predicted octanol–water partition coefficient (Wildman–Crippen LogP) is 3.09. The molecule has 0 fully saturated rings. The second-order valence-electron chi connectivity index (χ2n) is 4.69. The molecule has 0 heterocycles. The van der Waals surface area contributed by atoms with Crippen molar-refractivity contribution < 1.29 is 8.42 Å². The monoisotopic (exact) mass is 302 g/mol. The quantitative estimate of drug-likeness (QED) is 0.681. The second-order valence-corrected chi connectivity index (χ2v) is 6.35. The van der Waals surface area contributed by atoms with Crippen LogP contribution >= 0.6 is 0 Å². The molecule has 21 heavy (non-hydrogen) atoms. The van der Waals surface area contributed by atoms with Crippen LogP contribution in [0, 0.1) is 6.92 Å². The molecule has 0 bridgehead atoms. The lowest BCUT2D eigenvalue weighted by atomic mass is 10.1. The molecule has 0 radical (unpaired) electrons. The molecule has 1 N–H and O–H groups in total. The summed E-state index contributed by atoms with van der Waals surface area (Å²) in [6, 6.07) is 16.0. The number of nitrogens with zero attached hydrogens (tertiary/aromatic N) is 1. The molecule has 2 aromatic rings. The largest absolute Gasteiger partial charge is 0.276 e. The van der Waals surface area contributed by atoms with Crippen LogP contribution in [0.15, 0.2) is 64.6 Å². The molecule has 0 saturated carbocycles. The first-order valence-electron chi connectivity index (χ1n) is 6.73. The summed E-state index contributed by atoms with van der Waals surface area (Å²) >= 11 is 0. The van der Waals surface area contributed by atoms with E-state index in [0.717, 1.165) is 11.1 Å². The Morgan fingerprint density at radius 3 is 2.24 bits per heavy atom. The van der Waals surface area contributed by atoms with Crippen LogP contribution in [0.4, 0.5) is 0 Å². The summed E-state index contributed by atoms with van der Waals surface area (Å²) in [5.74, 6) is 0. The molecule has 0 aromatic heterocycles. The van der Waals surface area contributed by atoms with E-state index in [-0.39, 0.29) is 4.90 Å². The minimum absolute atomic E-state index is 0.202. The van der Waals surface area contributed by atoms with Crippen molar-refractivity contribution in [1.29, 1.82) is 0 Å². The third-order valence-electron chi connectivity index (χ3n) is 3.07. The fraction of sp³-hybridized carbons (Fsp3) is 0.188. The number of benzene rings is 2. The Kier molecular flexibility index (Phi) is 4.75. The molecule has 0 aliphatic heterocycles. The van der Waals surface area contributed by atoms with Crippen molar-refractivity contribution in [3.63, 3.8) is 0 Å². The maximum Gasteiger partial charge on any atom is 0.276 e. The number of hydrazone groups is 1. The van der Waals surface area contributed by atoms with Crippen LogP contribution in [-0.4, -0.2) is 14.1 Å². The standard InChI is InChI=1S/C16H18N2O2S/c1-3-16(14-11-9-13(2)10-12-14)17-18-21(19,20)15-7-5-4-6-8-15/h4-12,18H,3H2,1-2H3/b17-16-. The smallest absolute Gasteiger partial charge is 0.200 e. The van der Waals surface area contributed by atoms with Gasteiger partial charge in [0.25, 0.3) is 10.0 Å². The minimum atomic E-state index is -3.62. The highest BCUT2D eigenvalue weighted by molar-refractivity contribution is 7.89. The van der Waals surface area contributed by atoms with Gasteiger partial charge in [-0.2, -0.15) is 18.4 Å². The van der Waals surface area contributed by atoms with Gasteiger partial charge in [0, 0.05) is 0 Å². The van der Waals surface area contributed by atoms with E-state index in [9.17, 15) is 8.42 Å². The molecule has 110 valence electrons. The predicted molar refractivity (Wildman–Crippen MR) is 84.8 cm³/mol. The molecule has 0 atom stereocenters. The molecule has 4 nitrogen and oxygen atoms in total. The molecule has 0 aliphatic carbocycles. The van der Waals surface area contributed by atoms with Crippen LogP contribution in [0.1, 0.15) is 24.5 Å².